The number of carbonyl (C=O) groups is 2. The molecule has 0 aliphatic carbocycles. The number of benzene rings is 1. The molecular weight excluding hydrogens is 347 g/mol. The van der Waals surface area contributed by atoms with Crippen LogP contribution < -0.4 is 10.2 Å². The molecule has 8 heteroatoms. The molecule has 1 heterocycles. The van der Waals surface area contributed by atoms with Crippen molar-refractivity contribution >= 4 is 23.2 Å². The third kappa shape index (κ3) is 4.75. The molecule has 0 aromatic heterocycles. The Balaban J connectivity index is 2.38. The van der Waals surface area contributed by atoms with Crippen molar-refractivity contribution in [2.45, 2.75) is 45.3 Å². The van der Waals surface area contributed by atoms with Gasteiger partial charge in [-0.15, -0.1) is 0 Å². The van der Waals surface area contributed by atoms with Crippen LogP contribution in [0.2, 0.25) is 0 Å². The topological polar surface area (TPSA) is 52.7 Å². The van der Waals surface area contributed by atoms with Gasteiger partial charge in [-0.05, 0) is 31.6 Å². The quantitative estimate of drug-likeness (QED) is 0.834. The van der Waals surface area contributed by atoms with Crippen molar-refractivity contribution in [1.29, 1.82) is 0 Å². The average Bonchev–Trinajstić information content (AvgIpc) is 2.73. The van der Waals surface area contributed by atoms with E-state index in [9.17, 15) is 22.8 Å². The lowest BCUT2D eigenvalue weighted by atomic mass is 10.1. The summed E-state index contributed by atoms with van der Waals surface area (Å²) in [6.07, 6.45) is -3.72. The Morgan fingerprint density at radius 2 is 2.00 bits per heavy atom. The molecule has 0 saturated carbocycles. The van der Waals surface area contributed by atoms with E-state index in [0.717, 1.165) is 17.7 Å². The molecule has 0 saturated heterocycles. The van der Waals surface area contributed by atoms with Gasteiger partial charge in [-0.25, -0.2) is 0 Å². The maximum atomic E-state index is 13.6. The number of para-hydroxylation sites is 2. The molecule has 1 aromatic rings. The van der Waals surface area contributed by atoms with Crippen LogP contribution in [-0.4, -0.2) is 48.6 Å². The number of alkyl halides is 3. The highest BCUT2D eigenvalue weighted by atomic mass is 19.4. The molecule has 1 aromatic carbocycles. The van der Waals surface area contributed by atoms with Crippen molar-refractivity contribution in [2.24, 2.45) is 0 Å². The molecule has 0 spiro atoms. The highest BCUT2D eigenvalue weighted by Gasteiger charge is 2.49. The van der Waals surface area contributed by atoms with Gasteiger partial charge in [0.25, 0.3) is 0 Å². The molecule has 2 amide bonds. The second-order valence-corrected chi connectivity index (χ2v) is 6.31. The third-order valence-electron chi connectivity index (χ3n) is 4.41. The van der Waals surface area contributed by atoms with E-state index in [1.165, 1.54) is 12.1 Å². The number of anilines is 2. The molecule has 144 valence electrons. The van der Waals surface area contributed by atoms with Crippen LogP contribution in [0.15, 0.2) is 24.3 Å². The summed E-state index contributed by atoms with van der Waals surface area (Å²) in [6, 6.07) is 3.91. The second kappa shape index (κ2) is 8.53. The highest BCUT2D eigenvalue weighted by molar-refractivity contribution is 6.05. The molecule has 0 bridgehead atoms. The van der Waals surface area contributed by atoms with E-state index in [0.29, 0.717) is 13.1 Å². The minimum absolute atomic E-state index is 0.0808. The van der Waals surface area contributed by atoms with E-state index in [1.54, 1.807) is 12.1 Å². The SMILES string of the molecule is CCCCN(CC)CC(=O)N1c2ccccc2NC(=O)CC1C(F)(F)F. The van der Waals surface area contributed by atoms with Crippen molar-refractivity contribution in [1.82, 2.24) is 4.90 Å². The molecule has 5 nitrogen and oxygen atoms in total. The largest absolute Gasteiger partial charge is 0.409 e. The first-order valence-corrected chi connectivity index (χ1v) is 8.77. The van der Waals surface area contributed by atoms with Crippen LogP contribution in [0.1, 0.15) is 33.1 Å². The molecule has 1 aliphatic rings. The van der Waals surface area contributed by atoms with Crippen LogP contribution in [0, 0.1) is 0 Å². The number of rotatable bonds is 6. The fourth-order valence-corrected chi connectivity index (χ4v) is 2.99. The van der Waals surface area contributed by atoms with Crippen LogP contribution in [0.4, 0.5) is 24.5 Å². The zero-order valence-corrected chi connectivity index (χ0v) is 15.0. The van der Waals surface area contributed by atoms with Crippen molar-refractivity contribution in [3.63, 3.8) is 0 Å². The normalized spacial score (nSPS) is 17.7. The molecule has 2 rings (SSSR count). The lowest BCUT2D eigenvalue weighted by Crippen LogP contribution is -2.52. The Morgan fingerprint density at radius 1 is 1.31 bits per heavy atom. The van der Waals surface area contributed by atoms with Crippen LogP contribution >= 0.6 is 0 Å². The summed E-state index contributed by atoms with van der Waals surface area (Å²) in [5.41, 5.74) is 0.298. The van der Waals surface area contributed by atoms with Gasteiger partial charge in [0.2, 0.25) is 11.8 Å². The summed E-state index contributed by atoms with van der Waals surface area (Å²) in [5.74, 6) is -1.41. The summed E-state index contributed by atoms with van der Waals surface area (Å²) in [6.45, 7) is 4.96. The van der Waals surface area contributed by atoms with Crippen LogP contribution in [-0.2, 0) is 9.59 Å². The third-order valence-corrected chi connectivity index (χ3v) is 4.41. The first kappa shape index (κ1) is 20.2. The average molecular weight is 371 g/mol. The summed E-state index contributed by atoms with van der Waals surface area (Å²) < 4.78 is 40.9. The number of unbranched alkanes of at least 4 members (excludes halogenated alkanes) is 1. The van der Waals surface area contributed by atoms with Crippen molar-refractivity contribution in [3.8, 4) is 0 Å². The predicted molar refractivity (Wildman–Crippen MR) is 94.0 cm³/mol. The van der Waals surface area contributed by atoms with Gasteiger partial charge in [0.05, 0.1) is 24.3 Å². The van der Waals surface area contributed by atoms with Gasteiger partial charge in [0, 0.05) is 0 Å². The van der Waals surface area contributed by atoms with E-state index < -0.39 is 30.5 Å². The molecule has 26 heavy (non-hydrogen) atoms. The van der Waals surface area contributed by atoms with Crippen LogP contribution in [0.25, 0.3) is 0 Å². The maximum absolute atomic E-state index is 13.6. The number of carbonyl (C=O) groups excluding carboxylic acids is 2. The number of halogens is 3. The first-order valence-electron chi connectivity index (χ1n) is 8.77. The Hall–Kier alpha value is -2.09. The van der Waals surface area contributed by atoms with E-state index in [1.807, 2.05) is 18.7 Å². The minimum atomic E-state index is -4.70. The summed E-state index contributed by atoms with van der Waals surface area (Å²) >= 11 is 0. The van der Waals surface area contributed by atoms with Gasteiger partial charge in [-0.3, -0.25) is 19.4 Å². The van der Waals surface area contributed by atoms with Gasteiger partial charge in [0.1, 0.15) is 6.04 Å². The zero-order valence-electron chi connectivity index (χ0n) is 15.0. The number of likely N-dealkylation sites (N-methyl/N-ethyl adjacent to an activating group) is 1. The molecule has 1 aliphatic heterocycles. The summed E-state index contributed by atoms with van der Waals surface area (Å²) in [5, 5.41) is 2.46. The smallest absolute Gasteiger partial charge is 0.324 e. The Bertz CT molecular complexity index is 649. The van der Waals surface area contributed by atoms with Crippen LogP contribution in [0.3, 0.4) is 0 Å². The standard InChI is InChI=1S/C18H24F3N3O2/c1-3-5-10-23(4-2)12-17(26)24-14-9-7-6-8-13(14)22-16(25)11-15(24)18(19,20)21/h6-9,15H,3-5,10-12H2,1-2H3,(H,22,25). The predicted octanol–water partition coefficient (Wildman–Crippen LogP) is 3.41. The Kier molecular flexibility index (Phi) is 6.63. The second-order valence-electron chi connectivity index (χ2n) is 6.31. The molecule has 1 unspecified atom stereocenters. The van der Waals surface area contributed by atoms with E-state index in [-0.39, 0.29) is 17.9 Å². The lowest BCUT2D eigenvalue weighted by molar-refractivity contribution is -0.158. The molecule has 1 atom stereocenters. The van der Waals surface area contributed by atoms with Gasteiger partial charge >= 0.3 is 6.18 Å². The highest BCUT2D eigenvalue weighted by Crippen LogP contribution is 2.37. The summed E-state index contributed by atoms with van der Waals surface area (Å²) in [7, 11) is 0. The molecule has 0 fully saturated rings. The van der Waals surface area contributed by atoms with Crippen molar-refractivity contribution in [2.75, 3.05) is 29.9 Å². The fourth-order valence-electron chi connectivity index (χ4n) is 2.99. The number of hydrogen-bond acceptors (Lipinski definition) is 3. The monoisotopic (exact) mass is 371 g/mol. The van der Waals surface area contributed by atoms with Gasteiger partial charge < -0.3 is 5.32 Å². The lowest BCUT2D eigenvalue weighted by Gasteiger charge is -2.33. The van der Waals surface area contributed by atoms with E-state index in [2.05, 4.69) is 5.32 Å². The number of amides is 2. The number of nitrogens with one attached hydrogen (secondary N) is 1. The van der Waals surface area contributed by atoms with Gasteiger partial charge in [-0.2, -0.15) is 13.2 Å². The Labute approximate surface area is 151 Å². The molecule has 0 radical (unpaired) electrons. The van der Waals surface area contributed by atoms with Crippen molar-refractivity contribution < 1.29 is 22.8 Å². The van der Waals surface area contributed by atoms with Gasteiger partial charge in [0.15, 0.2) is 0 Å². The van der Waals surface area contributed by atoms with E-state index in [4.69, 9.17) is 0 Å². The first-order chi connectivity index (χ1) is 12.3. The van der Waals surface area contributed by atoms with Crippen molar-refractivity contribution in [3.05, 3.63) is 24.3 Å². The number of fused-ring (bicyclic) bond motifs is 1. The number of hydrogen-bond donors (Lipinski definition) is 1. The molecule has 1 N–H and O–H groups in total. The maximum Gasteiger partial charge on any atom is 0.409 e. The fraction of sp³-hybridized carbons (Fsp3) is 0.556. The number of nitrogens with zero attached hydrogens (tertiary/aromatic N) is 2. The Morgan fingerprint density at radius 3 is 2.62 bits per heavy atom. The minimum Gasteiger partial charge on any atom is -0.324 e. The summed E-state index contributed by atoms with van der Waals surface area (Å²) in [4.78, 5) is 27.3. The zero-order chi connectivity index (χ0) is 19.3. The molecular formula is C18H24F3N3O2. The van der Waals surface area contributed by atoms with E-state index >= 15 is 0 Å². The van der Waals surface area contributed by atoms with Crippen LogP contribution in [0.5, 0.6) is 0 Å². The van der Waals surface area contributed by atoms with Gasteiger partial charge in [-0.1, -0.05) is 32.4 Å².